The quantitative estimate of drug-likeness (QED) is 0.175. The summed E-state index contributed by atoms with van der Waals surface area (Å²) in [5, 5.41) is 13.6. The smallest absolute Gasteiger partial charge is 0.475 e. The number of carboxylic acid groups (broad SMARTS) is 1. The zero-order valence-electron chi connectivity index (χ0n) is 20.0. The van der Waals surface area contributed by atoms with Crippen LogP contribution in [-0.2, 0) is 17.5 Å². The average molecular weight is 538 g/mol. The van der Waals surface area contributed by atoms with Crippen LogP contribution in [0.3, 0.4) is 0 Å². The first-order valence-electron chi connectivity index (χ1n) is 11.3. The van der Waals surface area contributed by atoms with E-state index in [0.717, 1.165) is 48.5 Å². The number of hydrogen-bond acceptors (Lipinski definition) is 4. The minimum absolute atomic E-state index is 0.366. The highest BCUT2D eigenvalue weighted by Crippen LogP contribution is 2.32. The SMILES string of the molecule is CNCCNCc1ccc(-c2cccc(-c3nc4ccc(C(F)(F)F)cc4[nH]3)c2)cc1.O=C(O)C(F)(F)F. The van der Waals surface area contributed by atoms with Crippen molar-refractivity contribution in [3.63, 3.8) is 0 Å². The molecule has 38 heavy (non-hydrogen) atoms. The van der Waals surface area contributed by atoms with Gasteiger partial charge in [-0.25, -0.2) is 9.78 Å². The molecule has 0 aliphatic rings. The Labute approximate surface area is 213 Å². The summed E-state index contributed by atoms with van der Waals surface area (Å²) in [6.45, 7) is 2.63. The van der Waals surface area contributed by atoms with Crippen molar-refractivity contribution in [1.29, 1.82) is 0 Å². The number of rotatable bonds is 7. The van der Waals surface area contributed by atoms with Gasteiger partial charge in [0.25, 0.3) is 0 Å². The van der Waals surface area contributed by atoms with Crippen molar-refractivity contribution in [3.05, 3.63) is 77.9 Å². The summed E-state index contributed by atoms with van der Waals surface area (Å²) in [7, 11) is 1.93. The van der Waals surface area contributed by atoms with E-state index in [1.807, 2.05) is 31.3 Å². The van der Waals surface area contributed by atoms with Gasteiger partial charge in [0.2, 0.25) is 0 Å². The summed E-state index contributed by atoms with van der Waals surface area (Å²) in [4.78, 5) is 16.4. The van der Waals surface area contributed by atoms with Crippen LogP contribution in [0.25, 0.3) is 33.5 Å². The van der Waals surface area contributed by atoms with Crippen molar-refractivity contribution >= 4 is 17.0 Å². The van der Waals surface area contributed by atoms with Gasteiger partial charge in [0.15, 0.2) is 0 Å². The third-order valence-corrected chi connectivity index (χ3v) is 5.36. The second-order valence-corrected chi connectivity index (χ2v) is 8.18. The fraction of sp³-hybridized carbons (Fsp3) is 0.231. The summed E-state index contributed by atoms with van der Waals surface area (Å²) in [6, 6.07) is 19.7. The van der Waals surface area contributed by atoms with Gasteiger partial charge in [0.1, 0.15) is 5.82 Å². The van der Waals surface area contributed by atoms with E-state index in [0.29, 0.717) is 16.9 Å². The maximum absolute atomic E-state index is 13.0. The largest absolute Gasteiger partial charge is 0.490 e. The highest BCUT2D eigenvalue weighted by molar-refractivity contribution is 5.81. The fourth-order valence-electron chi connectivity index (χ4n) is 3.43. The average Bonchev–Trinajstić information content (AvgIpc) is 3.30. The number of aliphatic carboxylic acids is 1. The topological polar surface area (TPSA) is 90.0 Å². The van der Waals surface area contributed by atoms with Crippen LogP contribution in [0, 0.1) is 0 Å². The number of aromatic amines is 1. The van der Waals surface area contributed by atoms with Gasteiger partial charge in [-0.15, -0.1) is 0 Å². The van der Waals surface area contributed by atoms with Crippen LogP contribution in [-0.4, -0.2) is 47.4 Å². The highest BCUT2D eigenvalue weighted by Gasteiger charge is 2.38. The summed E-state index contributed by atoms with van der Waals surface area (Å²) in [5.74, 6) is -2.21. The number of fused-ring (bicyclic) bond motifs is 1. The van der Waals surface area contributed by atoms with Crippen LogP contribution in [0.15, 0.2) is 66.7 Å². The molecule has 0 aliphatic carbocycles. The molecule has 0 amide bonds. The lowest BCUT2D eigenvalue weighted by Crippen LogP contribution is -2.24. The third-order valence-electron chi connectivity index (χ3n) is 5.36. The van der Waals surface area contributed by atoms with Gasteiger partial charge in [0.05, 0.1) is 16.6 Å². The van der Waals surface area contributed by atoms with Crippen molar-refractivity contribution in [2.45, 2.75) is 18.9 Å². The first kappa shape index (κ1) is 28.7. The predicted molar refractivity (Wildman–Crippen MR) is 131 cm³/mol. The number of imidazole rings is 1. The van der Waals surface area contributed by atoms with Crippen LogP contribution in [0.4, 0.5) is 26.3 Å². The molecule has 0 saturated carbocycles. The van der Waals surface area contributed by atoms with Gasteiger partial charge in [0, 0.05) is 25.2 Å². The second kappa shape index (κ2) is 12.1. The van der Waals surface area contributed by atoms with Crippen LogP contribution < -0.4 is 10.6 Å². The molecule has 0 bridgehead atoms. The van der Waals surface area contributed by atoms with E-state index in [9.17, 15) is 26.3 Å². The zero-order chi connectivity index (χ0) is 27.9. The normalized spacial score (nSPS) is 11.8. The monoisotopic (exact) mass is 538 g/mol. The molecule has 0 fully saturated rings. The number of likely N-dealkylation sites (N-methyl/N-ethyl adjacent to an activating group) is 1. The van der Waals surface area contributed by atoms with Gasteiger partial charge in [-0.05, 0) is 48.0 Å². The van der Waals surface area contributed by atoms with E-state index in [4.69, 9.17) is 9.90 Å². The number of aromatic nitrogens is 2. The Morgan fingerprint density at radius 3 is 2.16 bits per heavy atom. The summed E-state index contributed by atoms with van der Waals surface area (Å²) >= 11 is 0. The minimum Gasteiger partial charge on any atom is -0.475 e. The van der Waals surface area contributed by atoms with E-state index in [1.165, 1.54) is 11.6 Å². The number of halogens is 6. The summed E-state index contributed by atoms with van der Waals surface area (Å²) in [6.07, 6.45) is -9.46. The molecule has 0 unspecified atom stereocenters. The Balaban J connectivity index is 0.000000505. The molecule has 3 aromatic carbocycles. The Hall–Kier alpha value is -3.90. The third kappa shape index (κ3) is 7.80. The summed E-state index contributed by atoms with van der Waals surface area (Å²) < 4.78 is 70.7. The van der Waals surface area contributed by atoms with Crippen molar-refractivity contribution in [2.75, 3.05) is 20.1 Å². The molecule has 0 saturated heterocycles. The zero-order valence-corrected chi connectivity index (χ0v) is 20.0. The Kier molecular flexibility index (Phi) is 9.13. The predicted octanol–water partition coefficient (Wildman–Crippen LogP) is 5.86. The molecule has 12 heteroatoms. The molecule has 4 rings (SSSR count). The maximum atomic E-state index is 13.0. The molecule has 0 aliphatic heterocycles. The van der Waals surface area contributed by atoms with Gasteiger partial charge in [-0.2, -0.15) is 26.3 Å². The van der Waals surface area contributed by atoms with Crippen LogP contribution in [0.5, 0.6) is 0 Å². The van der Waals surface area contributed by atoms with E-state index >= 15 is 0 Å². The number of carbonyl (C=O) groups is 1. The van der Waals surface area contributed by atoms with Gasteiger partial charge >= 0.3 is 18.3 Å². The number of nitrogens with zero attached hydrogens (tertiary/aromatic N) is 1. The molecular formula is C26H24F6N4O2. The number of alkyl halides is 6. The number of H-pyrrole nitrogens is 1. The second-order valence-electron chi connectivity index (χ2n) is 8.18. The molecule has 202 valence electrons. The molecule has 0 atom stereocenters. The minimum atomic E-state index is -5.08. The van der Waals surface area contributed by atoms with Gasteiger partial charge in [-0.1, -0.05) is 42.5 Å². The van der Waals surface area contributed by atoms with E-state index in [1.54, 1.807) is 0 Å². The standard InChI is InChI=1S/C24H23F3N4.C2HF3O2/c1-28-11-12-29-15-16-5-7-17(8-6-16)18-3-2-4-19(13-18)23-30-21-10-9-20(24(25,26)27)14-22(21)31-23;3-2(4,5)1(6)7/h2-10,13-14,28-29H,11-12,15H2,1H3,(H,30,31);(H,6,7). The molecule has 1 heterocycles. The molecule has 1 aromatic heterocycles. The van der Waals surface area contributed by atoms with E-state index < -0.39 is 23.9 Å². The van der Waals surface area contributed by atoms with Crippen LogP contribution >= 0.6 is 0 Å². The number of benzene rings is 3. The maximum Gasteiger partial charge on any atom is 0.490 e. The van der Waals surface area contributed by atoms with Crippen molar-refractivity contribution < 1.29 is 36.2 Å². The first-order chi connectivity index (χ1) is 17.9. The first-order valence-corrected chi connectivity index (χ1v) is 11.3. The molecule has 4 N–H and O–H groups in total. The lowest BCUT2D eigenvalue weighted by molar-refractivity contribution is -0.192. The van der Waals surface area contributed by atoms with Gasteiger partial charge in [-0.3, -0.25) is 0 Å². The fourth-order valence-corrected chi connectivity index (χ4v) is 3.43. The van der Waals surface area contributed by atoms with E-state index in [-0.39, 0.29) is 0 Å². The van der Waals surface area contributed by atoms with Crippen molar-refractivity contribution in [1.82, 2.24) is 20.6 Å². The Morgan fingerprint density at radius 1 is 0.895 bits per heavy atom. The van der Waals surface area contributed by atoms with E-state index in [2.05, 4.69) is 44.9 Å². The van der Waals surface area contributed by atoms with Crippen molar-refractivity contribution in [2.24, 2.45) is 0 Å². The Bertz CT molecular complexity index is 1360. The Morgan fingerprint density at radius 2 is 1.55 bits per heavy atom. The highest BCUT2D eigenvalue weighted by atomic mass is 19.4. The molecule has 0 spiro atoms. The molecule has 0 radical (unpaired) electrons. The lowest BCUT2D eigenvalue weighted by atomic mass is 10.0. The van der Waals surface area contributed by atoms with Crippen molar-refractivity contribution in [3.8, 4) is 22.5 Å². The van der Waals surface area contributed by atoms with Crippen LogP contribution in [0.2, 0.25) is 0 Å². The molecular weight excluding hydrogens is 514 g/mol. The molecule has 6 nitrogen and oxygen atoms in total. The van der Waals surface area contributed by atoms with Crippen LogP contribution in [0.1, 0.15) is 11.1 Å². The lowest BCUT2D eigenvalue weighted by Gasteiger charge is -2.07. The number of hydrogen-bond donors (Lipinski definition) is 4. The summed E-state index contributed by atoms with van der Waals surface area (Å²) in [5.41, 5.74) is 4.28. The number of carboxylic acids is 1. The van der Waals surface area contributed by atoms with Gasteiger partial charge < -0.3 is 20.7 Å². The number of nitrogens with one attached hydrogen (secondary N) is 3. The molecule has 4 aromatic rings.